The summed E-state index contributed by atoms with van der Waals surface area (Å²) in [5.41, 5.74) is 4.47. The molecule has 1 atom stereocenters. The van der Waals surface area contributed by atoms with Gasteiger partial charge in [0.1, 0.15) is 0 Å². The zero-order valence-corrected chi connectivity index (χ0v) is 17.7. The van der Waals surface area contributed by atoms with Gasteiger partial charge >= 0.3 is 0 Å². The van der Waals surface area contributed by atoms with E-state index in [0.717, 1.165) is 16.4 Å². The van der Waals surface area contributed by atoms with Crippen LogP contribution in [0.5, 0.6) is 0 Å². The molecule has 0 aliphatic carbocycles. The number of carbonyl (C=O) groups excluding carboxylic acids is 2. The number of Topliss-reactive ketones (excluding diaryl/α,β-unsaturated/α-hetero) is 1. The normalized spacial score (nSPS) is 11.8. The van der Waals surface area contributed by atoms with Crippen molar-refractivity contribution in [2.45, 2.75) is 38.4 Å². The van der Waals surface area contributed by atoms with Gasteiger partial charge in [0.2, 0.25) is 5.91 Å². The topological polar surface area (TPSA) is 64.0 Å². The first-order valence-electron chi connectivity index (χ1n) is 9.51. The number of ketones is 1. The number of aromatic nitrogens is 2. The summed E-state index contributed by atoms with van der Waals surface area (Å²) >= 11 is 1.36. The van der Waals surface area contributed by atoms with Gasteiger partial charge in [-0.25, -0.2) is 4.98 Å². The van der Waals surface area contributed by atoms with E-state index >= 15 is 0 Å². The zero-order chi connectivity index (χ0) is 20.8. The Morgan fingerprint density at radius 2 is 1.86 bits per heavy atom. The second kappa shape index (κ2) is 9.56. The fourth-order valence-electron chi connectivity index (χ4n) is 2.98. The molecule has 0 aliphatic rings. The molecule has 5 nitrogen and oxygen atoms in total. The zero-order valence-electron chi connectivity index (χ0n) is 16.9. The van der Waals surface area contributed by atoms with E-state index < -0.39 is 6.04 Å². The summed E-state index contributed by atoms with van der Waals surface area (Å²) in [6, 6.07) is 15.4. The summed E-state index contributed by atoms with van der Waals surface area (Å²) in [6.07, 6.45) is 4.10. The fraction of sp³-hybridized carbons (Fsp3) is 0.261. The maximum absolute atomic E-state index is 12.5. The van der Waals surface area contributed by atoms with Crippen molar-refractivity contribution in [1.82, 2.24) is 14.9 Å². The van der Waals surface area contributed by atoms with E-state index in [-0.39, 0.29) is 17.4 Å². The lowest BCUT2D eigenvalue weighted by Gasteiger charge is -2.16. The van der Waals surface area contributed by atoms with E-state index in [0.29, 0.717) is 6.42 Å². The van der Waals surface area contributed by atoms with Gasteiger partial charge in [0.15, 0.2) is 10.9 Å². The highest BCUT2D eigenvalue weighted by Crippen LogP contribution is 2.22. The van der Waals surface area contributed by atoms with Gasteiger partial charge in [-0.15, -0.1) is 0 Å². The van der Waals surface area contributed by atoms with Crippen molar-refractivity contribution in [1.29, 1.82) is 0 Å². The van der Waals surface area contributed by atoms with Gasteiger partial charge in [-0.05, 0) is 56.0 Å². The van der Waals surface area contributed by atoms with E-state index in [1.165, 1.54) is 29.8 Å². The number of rotatable bonds is 8. The molecule has 3 aromatic rings. The molecule has 0 aliphatic heterocycles. The Balaban J connectivity index is 1.62. The van der Waals surface area contributed by atoms with Crippen molar-refractivity contribution in [2.24, 2.45) is 0 Å². The van der Waals surface area contributed by atoms with Gasteiger partial charge in [0.05, 0.1) is 11.8 Å². The van der Waals surface area contributed by atoms with Crippen LogP contribution < -0.4 is 5.32 Å². The minimum Gasteiger partial charge on any atom is -0.345 e. The SMILES string of the molecule is CC(=O)C(Cc1ccccc1)NC(=O)CSc1nccn1-c1ccc(C)c(C)c1. The van der Waals surface area contributed by atoms with E-state index in [2.05, 4.69) is 36.3 Å². The van der Waals surface area contributed by atoms with E-state index in [9.17, 15) is 9.59 Å². The van der Waals surface area contributed by atoms with Gasteiger partial charge in [0.25, 0.3) is 0 Å². The Morgan fingerprint density at radius 1 is 1.10 bits per heavy atom. The number of nitrogens with one attached hydrogen (secondary N) is 1. The van der Waals surface area contributed by atoms with Gasteiger partial charge in [-0.2, -0.15) is 0 Å². The molecule has 3 rings (SSSR count). The van der Waals surface area contributed by atoms with Gasteiger partial charge < -0.3 is 5.32 Å². The molecule has 0 radical (unpaired) electrons. The number of aryl methyl sites for hydroxylation is 2. The maximum Gasteiger partial charge on any atom is 0.231 e. The quantitative estimate of drug-likeness (QED) is 0.575. The molecule has 1 unspecified atom stereocenters. The van der Waals surface area contributed by atoms with Crippen LogP contribution in [0.1, 0.15) is 23.6 Å². The van der Waals surface area contributed by atoms with E-state index in [4.69, 9.17) is 0 Å². The third-order valence-electron chi connectivity index (χ3n) is 4.82. The fourth-order valence-corrected chi connectivity index (χ4v) is 3.77. The highest BCUT2D eigenvalue weighted by molar-refractivity contribution is 7.99. The molecule has 1 amide bonds. The molecule has 0 saturated heterocycles. The monoisotopic (exact) mass is 407 g/mol. The third-order valence-corrected chi connectivity index (χ3v) is 5.78. The standard InChI is InChI=1S/C23H25N3O2S/c1-16-9-10-20(13-17(16)2)26-12-11-24-23(26)29-15-22(28)25-21(18(3)27)14-19-7-5-4-6-8-19/h4-13,21H,14-15H2,1-3H3,(H,25,28). The molecular formula is C23H25N3O2S. The Hall–Kier alpha value is -2.86. The van der Waals surface area contributed by atoms with Crippen molar-refractivity contribution in [3.8, 4) is 5.69 Å². The Morgan fingerprint density at radius 3 is 2.55 bits per heavy atom. The summed E-state index contributed by atoms with van der Waals surface area (Å²) in [4.78, 5) is 28.8. The predicted octanol–water partition coefficient (Wildman–Crippen LogP) is 3.90. The van der Waals surface area contributed by atoms with Crippen LogP contribution >= 0.6 is 11.8 Å². The summed E-state index contributed by atoms with van der Waals surface area (Å²) < 4.78 is 1.97. The number of thioether (sulfide) groups is 1. The largest absolute Gasteiger partial charge is 0.345 e. The third kappa shape index (κ3) is 5.57. The lowest BCUT2D eigenvalue weighted by atomic mass is 10.0. The lowest BCUT2D eigenvalue weighted by molar-refractivity contribution is -0.125. The molecule has 29 heavy (non-hydrogen) atoms. The van der Waals surface area contributed by atoms with Gasteiger partial charge in [-0.3, -0.25) is 14.2 Å². The van der Waals surface area contributed by atoms with Crippen molar-refractivity contribution < 1.29 is 9.59 Å². The van der Waals surface area contributed by atoms with Crippen LogP contribution in [0.3, 0.4) is 0 Å². The molecule has 1 N–H and O–H groups in total. The van der Waals surface area contributed by atoms with Crippen LogP contribution in [0.15, 0.2) is 66.1 Å². The van der Waals surface area contributed by atoms with Crippen molar-refractivity contribution in [3.63, 3.8) is 0 Å². The summed E-state index contributed by atoms with van der Waals surface area (Å²) in [6.45, 7) is 5.66. The molecule has 1 aromatic heterocycles. The Bertz CT molecular complexity index is 998. The van der Waals surface area contributed by atoms with Crippen LogP contribution in [0.25, 0.3) is 5.69 Å². The Kier molecular flexibility index (Phi) is 6.88. The number of amides is 1. The molecule has 0 saturated carbocycles. The average Bonchev–Trinajstić information content (AvgIpc) is 3.17. The molecule has 0 bridgehead atoms. The number of hydrogen-bond acceptors (Lipinski definition) is 4. The van der Waals surface area contributed by atoms with Crippen molar-refractivity contribution >= 4 is 23.5 Å². The molecule has 0 fully saturated rings. The second-order valence-electron chi connectivity index (χ2n) is 7.06. The first-order chi connectivity index (χ1) is 13.9. The highest BCUT2D eigenvalue weighted by Gasteiger charge is 2.18. The highest BCUT2D eigenvalue weighted by atomic mass is 32.2. The number of imidazole rings is 1. The first-order valence-corrected chi connectivity index (χ1v) is 10.5. The molecule has 0 spiro atoms. The molecular weight excluding hydrogens is 382 g/mol. The lowest BCUT2D eigenvalue weighted by Crippen LogP contribution is -2.42. The minimum absolute atomic E-state index is 0.0520. The number of nitrogens with zero attached hydrogens (tertiary/aromatic N) is 2. The molecule has 150 valence electrons. The van der Waals surface area contributed by atoms with Crippen LogP contribution in [0.2, 0.25) is 0 Å². The van der Waals surface area contributed by atoms with E-state index in [1.807, 2.05) is 47.2 Å². The van der Waals surface area contributed by atoms with Crippen LogP contribution in [-0.2, 0) is 16.0 Å². The van der Waals surface area contributed by atoms with Gasteiger partial charge in [-0.1, -0.05) is 48.2 Å². The molecule has 2 aromatic carbocycles. The predicted molar refractivity (Wildman–Crippen MR) is 117 cm³/mol. The van der Waals surface area contributed by atoms with Crippen LogP contribution in [-0.4, -0.2) is 33.0 Å². The smallest absolute Gasteiger partial charge is 0.231 e. The minimum atomic E-state index is -0.523. The average molecular weight is 408 g/mol. The van der Waals surface area contributed by atoms with Gasteiger partial charge in [0, 0.05) is 18.1 Å². The van der Waals surface area contributed by atoms with Crippen LogP contribution in [0, 0.1) is 13.8 Å². The van der Waals surface area contributed by atoms with Crippen molar-refractivity contribution in [2.75, 3.05) is 5.75 Å². The summed E-state index contributed by atoms with van der Waals surface area (Å²) in [5, 5.41) is 3.60. The maximum atomic E-state index is 12.5. The number of hydrogen-bond donors (Lipinski definition) is 1. The summed E-state index contributed by atoms with van der Waals surface area (Å²) in [7, 11) is 0. The summed E-state index contributed by atoms with van der Waals surface area (Å²) in [5.74, 6) is -0.0370. The van der Waals surface area contributed by atoms with Crippen molar-refractivity contribution in [3.05, 3.63) is 77.6 Å². The number of benzene rings is 2. The Labute approximate surface area is 175 Å². The number of carbonyl (C=O) groups is 2. The molecule has 1 heterocycles. The molecule has 6 heteroatoms. The second-order valence-corrected chi connectivity index (χ2v) is 8.00. The van der Waals surface area contributed by atoms with E-state index in [1.54, 1.807) is 6.20 Å². The first kappa shape index (κ1) is 20.9. The van der Waals surface area contributed by atoms with Crippen LogP contribution in [0.4, 0.5) is 0 Å².